The fourth-order valence-electron chi connectivity index (χ4n) is 1.33. The maximum Gasteiger partial charge on any atom is 0.218 e. The number of hydrogen-bond acceptors (Lipinski definition) is 1. The van der Waals surface area contributed by atoms with Gasteiger partial charge in [-0.1, -0.05) is 43.3 Å². The quantitative estimate of drug-likeness (QED) is 0.547. The van der Waals surface area contributed by atoms with Gasteiger partial charge in [0.2, 0.25) is 8.32 Å². The zero-order valence-corrected chi connectivity index (χ0v) is 10.9. The first kappa shape index (κ1) is 12.2. The molecule has 2 heteroatoms. The van der Waals surface area contributed by atoms with Crippen LogP contribution in [0.15, 0.2) is 43.0 Å². The number of rotatable bonds is 5. The summed E-state index contributed by atoms with van der Waals surface area (Å²) in [6.45, 7) is 11.1. The highest BCUT2D eigenvalue weighted by atomic mass is 28.4. The Kier molecular flexibility index (Phi) is 4.30. The fraction of sp³-hybridized carbons (Fsp3) is 0.385. The first-order chi connectivity index (χ1) is 7.06. The van der Waals surface area contributed by atoms with Crippen molar-refractivity contribution >= 4 is 13.5 Å². The van der Waals surface area contributed by atoms with Crippen LogP contribution in [0.4, 0.5) is 0 Å². The molecule has 0 aliphatic rings. The van der Waals surface area contributed by atoms with E-state index in [1.165, 1.54) is 5.19 Å². The van der Waals surface area contributed by atoms with E-state index in [0.717, 1.165) is 6.61 Å². The van der Waals surface area contributed by atoms with E-state index >= 15 is 0 Å². The van der Waals surface area contributed by atoms with Crippen LogP contribution in [0.1, 0.15) is 6.92 Å². The summed E-state index contributed by atoms with van der Waals surface area (Å²) < 4.78 is 6.04. The summed E-state index contributed by atoms with van der Waals surface area (Å²) in [4.78, 5) is 0. The van der Waals surface area contributed by atoms with Crippen LogP contribution in [0.2, 0.25) is 13.1 Å². The van der Waals surface area contributed by atoms with Crippen LogP contribution in [0.25, 0.3) is 0 Å². The number of benzene rings is 1. The lowest BCUT2D eigenvalue weighted by Gasteiger charge is -2.24. The second-order valence-electron chi connectivity index (χ2n) is 4.40. The van der Waals surface area contributed by atoms with E-state index in [9.17, 15) is 0 Å². The molecule has 82 valence electrons. The minimum atomic E-state index is -1.71. The third kappa shape index (κ3) is 3.65. The lowest BCUT2D eigenvalue weighted by atomic mass is 10.2. The molecule has 15 heavy (non-hydrogen) atoms. The van der Waals surface area contributed by atoms with E-state index in [0.29, 0.717) is 5.92 Å². The predicted octanol–water partition coefficient (Wildman–Crippen LogP) is 2.94. The van der Waals surface area contributed by atoms with Crippen LogP contribution < -0.4 is 5.19 Å². The molecule has 1 atom stereocenters. The Morgan fingerprint density at radius 2 is 1.93 bits per heavy atom. The Morgan fingerprint density at radius 1 is 1.33 bits per heavy atom. The van der Waals surface area contributed by atoms with Crippen molar-refractivity contribution in [1.29, 1.82) is 0 Å². The average molecular weight is 220 g/mol. The first-order valence-corrected chi connectivity index (χ1v) is 8.29. The second-order valence-corrected chi connectivity index (χ2v) is 8.29. The van der Waals surface area contributed by atoms with Crippen LogP contribution in [0, 0.1) is 5.92 Å². The molecule has 0 bridgehead atoms. The minimum absolute atomic E-state index is 0.431. The smallest absolute Gasteiger partial charge is 0.218 e. The molecule has 1 aromatic carbocycles. The molecule has 1 rings (SSSR count). The van der Waals surface area contributed by atoms with Crippen molar-refractivity contribution in [2.45, 2.75) is 20.0 Å². The SMILES string of the molecule is C=C[C@H](C)CO[Si](C)(C)c1ccccc1. The molecule has 1 aromatic rings. The van der Waals surface area contributed by atoms with Crippen LogP contribution in [-0.2, 0) is 4.43 Å². The average Bonchev–Trinajstić information content (AvgIpc) is 2.27. The molecule has 0 heterocycles. The largest absolute Gasteiger partial charge is 0.412 e. The van der Waals surface area contributed by atoms with Gasteiger partial charge in [0.05, 0.1) is 0 Å². The molecule has 0 fully saturated rings. The highest BCUT2D eigenvalue weighted by Gasteiger charge is 2.25. The zero-order valence-electron chi connectivity index (χ0n) is 9.86. The maximum absolute atomic E-state index is 6.04. The summed E-state index contributed by atoms with van der Waals surface area (Å²) in [6, 6.07) is 10.5. The Balaban J connectivity index is 2.63. The zero-order chi connectivity index (χ0) is 11.3. The fourth-order valence-corrected chi connectivity index (χ4v) is 3.17. The van der Waals surface area contributed by atoms with Gasteiger partial charge in [0, 0.05) is 6.61 Å². The molecule has 0 amide bonds. The van der Waals surface area contributed by atoms with Crippen LogP contribution >= 0.6 is 0 Å². The van der Waals surface area contributed by atoms with Gasteiger partial charge >= 0.3 is 0 Å². The predicted molar refractivity (Wildman–Crippen MR) is 68.9 cm³/mol. The van der Waals surface area contributed by atoms with Gasteiger partial charge in [0.1, 0.15) is 0 Å². The van der Waals surface area contributed by atoms with Crippen LogP contribution in [-0.4, -0.2) is 14.9 Å². The van der Waals surface area contributed by atoms with Gasteiger partial charge in [0.25, 0.3) is 0 Å². The highest BCUT2D eigenvalue weighted by Crippen LogP contribution is 2.08. The first-order valence-electron chi connectivity index (χ1n) is 5.38. The van der Waals surface area contributed by atoms with E-state index in [1.807, 2.05) is 12.1 Å². The summed E-state index contributed by atoms with van der Waals surface area (Å²) in [5, 5.41) is 1.35. The Hall–Kier alpha value is -0.863. The van der Waals surface area contributed by atoms with Crippen molar-refractivity contribution in [3.8, 4) is 0 Å². The van der Waals surface area contributed by atoms with Crippen molar-refractivity contribution in [2.24, 2.45) is 5.92 Å². The highest BCUT2D eigenvalue weighted by molar-refractivity contribution is 6.84. The standard InChI is InChI=1S/C13H20OSi/c1-5-12(2)11-14-15(3,4)13-9-7-6-8-10-13/h5-10,12H,1,11H2,2-4H3/t12-/m0/s1. The molecular weight excluding hydrogens is 200 g/mol. The molecule has 0 aliphatic heterocycles. The van der Waals surface area contributed by atoms with Crippen molar-refractivity contribution in [3.63, 3.8) is 0 Å². The maximum atomic E-state index is 6.04. The summed E-state index contributed by atoms with van der Waals surface area (Å²) in [5.41, 5.74) is 0. The van der Waals surface area contributed by atoms with Gasteiger partial charge in [-0.15, -0.1) is 6.58 Å². The third-order valence-corrected chi connectivity index (χ3v) is 5.19. The van der Waals surface area contributed by atoms with Gasteiger partial charge in [-0.2, -0.15) is 0 Å². The molecule has 0 saturated heterocycles. The van der Waals surface area contributed by atoms with Crippen molar-refractivity contribution in [1.82, 2.24) is 0 Å². The summed E-state index contributed by atoms with van der Waals surface area (Å²) in [7, 11) is -1.71. The lowest BCUT2D eigenvalue weighted by Crippen LogP contribution is -2.45. The van der Waals surface area contributed by atoms with Crippen LogP contribution in [0.3, 0.4) is 0 Å². The summed E-state index contributed by atoms with van der Waals surface area (Å²) in [5.74, 6) is 0.431. The summed E-state index contributed by atoms with van der Waals surface area (Å²) >= 11 is 0. The van der Waals surface area contributed by atoms with Gasteiger partial charge in [0.15, 0.2) is 0 Å². The molecule has 0 saturated carbocycles. The molecular formula is C13H20OSi. The third-order valence-electron chi connectivity index (χ3n) is 2.58. The van der Waals surface area contributed by atoms with E-state index in [-0.39, 0.29) is 0 Å². The Bertz CT molecular complexity index is 306. The molecule has 0 radical (unpaired) electrons. The van der Waals surface area contributed by atoms with Gasteiger partial charge in [-0.25, -0.2) is 0 Å². The number of hydrogen-bond donors (Lipinski definition) is 0. The molecule has 0 unspecified atom stereocenters. The van der Waals surface area contributed by atoms with Gasteiger partial charge < -0.3 is 4.43 Å². The van der Waals surface area contributed by atoms with E-state index in [4.69, 9.17) is 4.43 Å². The normalized spacial score (nSPS) is 13.5. The molecule has 0 aromatic heterocycles. The van der Waals surface area contributed by atoms with Crippen molar-refractivity contribution in [2.75, 3.05) is 6.61 Å². The summed E-state index contributed by atoms with van der Waals surface area (Å²) in [6.07, 6.45) is 1.94. The Labute approximate surface area is 93.9 Å². The Morgan fingerprint density at radius 3 is 2.47 bits per heavy atom. The monoisotopic (exact) mass is 220 g/mol. The molecule has 0 spiro atoms. The second kappa shape index (κ2) is 5.28. The van der Waals surface area contributed by atoms with Gasteiger partial charge in [-0.05, 0) is 24.2 Å². The molecule has 0 aliphatic carbocycles. The van der Waals surface area contributed by atoms with Crippen molar-refractivity contribution in [3.05, 3.63) is 43.0 Å². The van der Waals surface area contributed by atoms with Crippen molar-refractivity contribution < 1.29 is 4.43 Å². The van der Waals surface area contributed by atoms with E-state index in [2.05, 4.69) is 50.9 Å². The van der Waals surface area contributed by atoms with E-state index in [1.54, 1.807) is 0 Å². The molecule has 1 nitrogen and oxygen atoms in total. The molecule has 0 N–H and O–H groups in total. The van der Waals surface area contributed by atoms with Gasteiger partial charge in [-0.3, -0.25) is 0 Å². The van der Waals surface area contributed by atoms with E-state index < -0.39 is 8.32 Å². The topological polar surface area (TPSA) is 9.23 Å². The van der Waals surface area contributed by atoms with Crippen LogP contribution in [0.5, 0.6) is 0 Å². The lowest BCUT2D eigenvalue weighted by molar-refractivity contribution is 0.282. The minimum Gasteiger partial charge on any atom is -0.412 e.